The number of nitrogens with zero attached hydrogens (tertiary/aromatic N) is 2. The molecule has 0 aliphatic rings. The Bertz CT molecular complexity index is 616. The van der Waals surface area contributed by atoms with Gasteiger partial charge in [0, 0.05) is 25.5 Å². The molecule has 0 saturated carbocycles. The number of halogens is 1. The van der Waals surface area contributed by atoms with Crippen molar-refractivity contribution in [2.45, 2.75) is 6.92 Å². The van der Waals surface area contributed by atoms with Crippen molar-refractivity contribution < 1.29 is 9.18 Å². The number of benzene rings is 1. The fourth-order valence-corrected chi connectivity index (χ4v) is 1.87. The highest BCUT2D eigenvalue weighted by Crippen LogP contribution is 2.19. The maximum absolute atomic E-state index is 13.7. The van der Waals surface area contributed by atoms with E-state index in [1.54, 1.807) is 36.5 Å². The van der Waals surface area contributed by atoms with Crippen LogP contribution in [0.3, 0.4) is 0 Å². The summed E-state index contributed by atoms with van der Waals surface area (Å²) in [5.74, 6) is -0.791. The molecule has 0 bridgehead atoms. The fourth-order valence-electron chi connectivity index (χ4n) is 1.87. The molecule has 1 aromatic carbocycles. The van der Waals surface area contributed by atoms with E-state index < -0.39 is 5.82 Å². The molecule has 0 atom stereocenters. The van der Waals surface area contributed by atoms with Gasteiger partial charge in [-0.1, -0.05) is 12.1 Å². The van der Waals surface area contributed by atoms with E-state index in [9.17, 15) is 9.18 Å². The van der Waals surface area contributed by atoms with Crippen LogP contribution < -0.4 is 10.2 Å². The zero-order chi connectivity index (χ0) is 14.5. The van der Waals surface area contributed by atoms with Crippen LogP contribution in [0.4, 0.5) is 15.8 Å². The summed E-state index contributed by atoms with van der Waals surface area (Å²) < 4.78 is 13.7. The lowest BCUT2D eigenvalue weighted by Gasteiger charge is -2.17. The SMILES string of the molecule is CCNc1ccnc(C(=O)N(C)c2ccccc2F)c1. The molecule has 4 nitrogen and oxygen atoms in total. The van der Waals surface area contributed by atoms with Crippen molar-refractivity contribution in [2.24, 2.45) is 0 Å². The van der Waals surface area contributed by atoms with Crippen LogP contribution in [0, 0.1) is 5.82 Å². The van der Waals surface area contributed by atoms with Gasteiger partial charge in [0.05, 0.1) is 5.69 Å². The van der Waals surface area contributed by atoms with Gasteiger partial charge in [0.2, 0.25) is 0 Å². The Hall–Kier alpha value is -2.43. The lowest BCUT2D eigenvalue weighted by molar-refractivity contribution is 0.0987. The number of hydrogen-bond donors (Lipinski definition) is 1. The Balaban J connectivity index is 2.27. The molecule has 1 heterocycles. The van der Waals surface area contributed by atoms with Crippen molar-refractivity contribution in [3.05, 3.63) is 54.1 Å². The monoisotopic (exact) mass is 273 g/mol. The fraction of sp³-hybridized carbons (Fsp3) is 0.200. The second-order valence-corrected chi connectivity index (χ2v) is 4.28. The molecule has 2 rings (SSSR count). The quantitative estimate of drug-likeness (QED) is 0.931. The smallest absolute Gasteiger partial charge is 0.276 e. The van der Waals surface area contributed by atoms with Gasteiger partial charge in [0.25, 0.3) is 5.91 Å². The minimum Gasteiger partial charge on any atom is -0.385 e. The van der Waals surface area contributed by atoms with Gasteiger partial charge in [-0.15, -0.1) is 0 Å². The van der Waals surface area contributed by atoms with Crippen molar-refractivity contribution in [2.75, 3.05) is 23.8 Å². The Morgan fingerprint density at radius 3 is 2.80 bits per heavy atom. The van der Waals surface area contributed by atoms with Gasteiger partial charge in [-0.3, -0.25) is 9.78 Å². The summed E-state index contributed by atoms with van der Waals surface area (Å²) in [6.07, 6.45) is 1.56. The second-order valence-electron chi connectivity index (χ2n) is 4.28. The topological polar surface area (TPSA) is 45.2 Å². The van der Waals surface area contributed by atoms with Gasteiger partial charge in [-0.25, -0.2) is 4.39 Å². The molecular weight excluding hydrogens is 257 g/mol. The van der Waals surface area contributed by atoms with Gasteiger partial charge in [0.15, 0.2) is 0 Å². The Labute approximate surface area is 117 Å². The van der Waals surface area contributed by atoms with Crippen LogP contribution in [-0.4, -0.2) is 24.5 Å². The number of anilines is 2. The van der Waals surface area contributed by atoms with Crippen molar-refractivity contribution in [3.63, 3.8) is 0 Å². The van der Waals surface area contributed by atoms with E-state index in [0.29, 0.717) is 0 Å². The average Bonchev–Trinajstić information content (AvgIpc) is 2.47. The lowest BCUT2D eigenvalue weighted by atomic mass is 10.2. The number of para-hydroxylation sites is 1. The molecule has 0 saturated heterocycles. The van der Waals surface area contributed by atoms with Crippen LogP contribution in [0.15, 0.2) is 42.6 Å². The molecule has 0 unspecified atom stereocenters. The molecule has 20 heavy (non-hydrogen) atoms. The van der Waals surface area contributed by atoms with Gasteiger partial charge < -0.3 is 10.2 Å². The van der Waals surface area contributed by atoms with Crippen molar-refractivity contribution >= 4 is 17.3 Å². The number of carbonyl (C=O) groups is 1. The highest BCUT2D eigenvalue weighted by atomic mass is 19.1. The maximum Gasteiger partial charge on any atom is 0.276 e. The number of pyridine rings is 1. The van der Waals surface area contributed by atoms with Crippen LogP contribution in [-0.2, 0) is 0 Å². The first-order valence-corrected chi connectivity index (χ1v) is 6.36. The highest BCUT2D eigenvalue weighted by molar-refractivity contribution is 6.04. The summed E-state index contributed by atoms with van der Waals surface area (Å²) >= 11 is 0. The Kier molecular flexibility index (Phi) is 4.30. The number of carbonyl (C=O) groups excluding carboxylic acids is 1. The molecule has 0 radical (unpaired) electrons. The first kappa shape index (κ1) is 14.0. The lowest BCUT2D eigenvalue weighted by Crippen LogP contribution is -2.28. The van der Waals surface area contributed by atoms with E-state index in [-0.39, 0.29) is 17.3 Å². The summed E-state index contributed by atoms with van der Waals surface area (Å²) in [5, 5.41) is 3.11. The molecule has 0 aliphatic heterocycles. The van der Waals surface area contributed by atoms with Crippen LogP contribution in [0.5, 0.6) is 0 Å². The second kappa shape index (κ2) is 6.14. The maximum atomic E-state index is 13.7. The van der Waals surface area contributed by atoms with Crippen LogP contribution >= 0.6 is 0 Å². The average molecular weight is 273 g/mol. The van der Waals surface area contributed by atoms with Gasteiger partial charge in [-0.2, -0.15) is 0 Å². The summed E-state index contributed by atoms with van der Waals surface area (Å²) in [6, 6.07) is 9.58. The summed E-state index contributed by atoms with van der Waals surface area (Å²) in [7, 11) is 1.53. The van der Waals surface area contributed by atoms with E-state index >= 15 is 0 Å². The van der Waals surface area contributed by atoms with E-state index in [4.69, 9.17) is 0 Å². The predicted molar refractivity (Wildman–Crippen MR) is 77.5 cm³/mol. The number of amides is 1. The number of rotatable bonds is 4. The van der Waals surface area contributed by atoms with E-state index in [0.717, 1.165) is 12.2 Å². The molecule has 1 N–H and O–H groups in total. The van der Waals surface area contributed by atoms with E-state index in [2.05, 4.69) is 10.3 Å². The molecule has 2 aromatic rings. The largest absolute Gasteiger partial charge is 0.385 e. The molecule has 5 heteroatoms. The third-order valence-electron chi connectivity index (χ3n) is 2.88. The van der Waals surface area contributed by atoms with Gasteiger partial charge >= 0.3 is 0 Å². The van der Waals surface area contributed by atoms with Crippen LogP contribution in [0.1, 0.15) is 17.4 Å². The van der Waals surface area contributed by atoms with Gasteiger partial charge in [-0.05, 0) is 31.2 Å². The third-order valence-corrected chi connectivity index (χ3v) is 2.88. The van der Waals surface area contributed by atoms with Crippen molar-refractivity contribution in [1.82, 2.24) is 4.98 Å². The third kappa shape index (κ3) is 2.93. The molecule has 1 aromatic heterocycles. The number of nitrogens with one attached hydrogen (secondary N) is 1. The predicted octanol–water partition coefficient (Wildman–Crippen LogP) is 2.93. The Morgan fingerprint density at radius 1 is 1.35 bits per heavy atom. The van der Waals surface area contributed by atoms with Crippen LogP contribution in [0.2, 0.25) is 0 Å². The zero-order valence-electron chi connectivity index (χ0n) is 11.4. The van der Waals surface area contributed by atoms with Gasteiger partial charge in [0.1, 0.15) is 11.5 Å². The summed E-state index contributed by atoms with van der Waals surface area (Å²) in [5.41, 5.74) is 1.31. The Morgan fingerprint density at radius 2 is 2.10 bits per heavy atom. The summed E-state index contributed by atoms with van der Waals surface area (Å²) in [6.45, 7) is 2.72. The number of hydrogen-bond acceptors (Lipinski definition) is 3. The molecule has 1 amide bonds. The minimum atomic E-state index is -0.439. The van der Waals surface area contributed by atoms with Crippen LogP contribution in [0.25, 0.3) is 0 Å². The van der Waals surface area contributed by atoms with E-state index in [1.807, 2.05) is 6.92 Å². The first-order valence-electron chi connectivity index (χ1n) is 6.36. The molecule has 0 fully saturated rings. The molecular formula is C15H16FN3O. The number of aromatic nitrogens is 1. The molecule has 104 valence electrons. The first-order chi connectivity index (χ1) is 9.63. The zero-order valence-corrected chi connectivity index (χ0v) is 11.4. The minimum absolute atomic E-state index is 0.230. The van der Waals surface area contributed by atoms with Crippen molar-refractivity contribution in [3.8, 4) is 0 Å². The molecule has 0 spiro atoms. The van der Waals surface area contributed by atoms with Crippen molar-refractivity contribution in [1.29, 1.82) is 0 Å². The summed E-state index contributed by atoms with van der Waals surface area (Å²) in [4.78, 5) is 17.6. The standard InChI is InChI=1S/C15H16FN3O/c1-3-17-11-8-9-18-13(10-11)15(20)19(2)14-7-5-4-6-12(14)16/h4-10H,3H2,1-2H3,(H,17,18). The van der Waals surface area contributed by atoms with E-state index in [1.165, 1.54) is 18.0 Å². The molecule has 0 aliphatic carbocycles. The highest BCUT2D eigenvalue weighted by Gasteiger charge is 2.17. The normalized spacial score (nSPS) is 10.2.